The maximum absolute atomic E-state index is 2.33. The van der Waals surface area contributed by atoms with Crippen LogP contribution in [-0.2, 0) is 13.1 Å². The number of imidazole rings is 1. The summed E-state index contributed by atoms with van der Waals surface area (Å²) in [6, 6.07) is 0. The normalized spacial score (nSPS) is 10.6. The Hall–Kier alpha value is -0.0600. The van der Waals surface area contributed by atoms with Gasteiger partial charge in [-0.05, 0) is 19.3 Å². The van der Waals surface area contributed by atoms with Crippen LogP contribution in [0.25, 0.3) is 0 Å². The molecule has 1 heterocycles. The number of aryl methyl sites for hydroxylation is 2. The fourth-order valence-electron chi connectivity index (χ4n) is 2.74. The molecule has 1 aromatic rings. The molecule has 1 rings (SSSR count). The van der Waals surface area contributed by atoms with Crippen molar-refractivity contribution in [1.82, 2.24) is 4.57 Å². The summed E-state index contributed by atoms with van der Waals surface area (Å²) in [5.41, 5.74) is 0. The van der Waals surface area contributed by atoms with E-state index in [2.05, 4.69) is 41.7 Å². The van der Waals surface area contributed by atoms with E-state index < -0.39 is 0 Å². The Morgan fingerprint density at radius 2 is 1.33 bits per heavy atom. The second-order valence-corrected chi connectivity index (χ2v) is 6.07. The van der Waals surface area contributed by atoms with Crippen LogP contribution in [0.4, 0.5) is 0 Å². The van der Waals surface area contributed by atoms with Crippen molar-refractivity contribution in [2.24, 2.45) is 0 Å². The van der Waals surface area contributed by atoms with Gasteiger partial charge in [-0.1, -0.05) is 65.2 Å². The van der Waals surface area contributed by atoms with Gasteiger partial charge in [-0.25, -0.2) is 9.13 Å². The Morgan fingerprint density at radius 3 is 1.90 bits per heavy atom. The van der Waals surface area contributed by atoms with E-state index in [1.807, 2.05) is 0 Å². The fourth-order valence-corrected chi connectivity index (χ4v) is 2.74. The summed E-state index contributed by atoms with van der Waals surface area (Å²) in [5.74, 6) is 0. The van der Waals surface area contributed by atoms with Gasteiger partial charge in [-0.3, -0.25) is 0 Å². The van der Waals surface area contributed by atoms with Crippen molar-refractivity contribution in [2.75, 3.05) is 0 Å². The van der Waals surface area contributed by atoms with Crippen molar-refractivity contribution >= 4 is 0 Å². The van der Waals surface area contributed by atoms with Crippen molar-refractivity contribution in [3.63, 3.8) is 0 Å². The molecule has 0 aromatic carbocycles. The highest BCUT2D eigenvalue weighted by atomic mass is 127. The third kappa shape index (κ3) is 11.2. The molecular formula is C18H35IN2. The van der Waals surface area contributed by atoms with Gasteiger partial charge in [0.15, 0.2) is 0 Å². The van der Waals surface area contributed by atoms with Crippen molar-refractivity contribution in [1.29, 1.82) is 0 Å². The zero-order chi connectivity index (χ0) is 14.5. The van der Waals surface area contributed by atoms with Gasteiger partial charge in [-0.2, -0.15) is 0 Å². The minimum absolute atomic E-state index is 0. The summed E-state index contributed by atoms with van der Waals surface area (Å²) in [7, 11) is 0. The summed E-state index contributed by atoms with van der Waals surface area (Å²) in [6.07, 6.45) is 22.0. The minimum atomic E-state index is 0. The highest BCUT2D eigenvalue weighted by molar-refractivity contribution is 4.66. The maximum Gasteiger partial charge on any atom is 0.243 e. The number of halogens is 1. The molecule has 0 aliphatic heterocycles. The molecule has 0 saturated heterocycles. The van der Waals surface area contributed by atoms with Crippen LogP contribution in [-0.4, -0.2) is 4.57 Å². The molecule has 0 amide bonds. The number of hydrogen-bond donors (Lipinski definition) is 0. The first-order valence-corrected chi connectivity index (χ1v) is 8.91. The predicted octanol–water partition coefficient (Wildman–Crippen LogP) is 2.11. The highest BCUT2D eigenvalue weighted by Crippen LogP contribution is 2.10. The van der Waals surface area contributed by atoms with Crippen LogP contribution in [0.5, 0.6) is 0 Å². The lowest BCUT2D eigenvalue weighted by Gasteiger charge is -2.01. The second-order valence-electron chi connectivity index (χ2n) is 6.07. The summed E-state index contributed by atoms with van der Waals surface area (Å²) in [5, 5.41) is 0. The van der Waals surface area contributed by atoms with Gasteiger partial charge < -0.3 is 24.0 Å². The van der Waals surface area contributed by atoms with Gasteiger partial charge in [0.1, 0.15) is 12.4 Å². The Balaban J connectivity index is 0.00000400. The molecule has 0 bridgehead atoms. The van der Waals surface area contributed by atoms with E-state index in [1.165, 1.54) is 77.2 Å². The molecule has 0 saturated carbocycles. The molecule has 0 spiro atoms. The SMILES string of the molecule is CCCCCCCCCCCCn1cc[n+](CCC)c1.[I-]. The Kier molecular flexibility index (Phi) is 14.8. The van der Waals surface area contributed by atoms with Gasteiger partial charge in [0.25, 0.3) is 0 Å². The average Bonchev–Trinajstić information content (AvgIpc) is 2.89. The number of hydrogen-bond acceptors (Lipinski definition) is 0. The monoisotopic (exact) mass is 406 g/mol. The highest BCUT2D eigenvalue weighted by Gasteiger charge is 2.01. The van der Waals surface area contributed by atoms with Crippen LogP contribution < -0.4 is 28.5 Å². The lowest BCUT2D eigenvalue weighted by Crippen LogP contribution is -3.00. The zero-order valence-corrected chi connectivity index (χ0v) is 16.4. The molecule has 0 aliphatic carbocycles. The Bertz CT molecular complexity index is 323. The van der Waals surface area contributed by atoms with Crippen molar-refractivity contribution in [3.05, 3.63) is 18.7 Å². The maximum atomic E-state index is 2.33. The molecule has 0 atom stereocenters. The molecule has 0 N–H and O–H groups in total. The third-order valence-corrected chi connectivity index (χ3v) is 4.00. The summed E-state index contributed by atoms with van der Waals surface area (Å²) < 4.78 is 4.62. The van der Waals surface area contributed by atoms with Crippen molar-refractivity contribution in [3.8, 4) is 0 Å². The Morgan fingerprint density at radius 1 is 0.762 bits per heavy atom. The first-order valence-electron chi connectivity index (χ1n) is 8.91. The molecule has 0 unspecified atom stereocenters. The fraction of sp³-hybridized carbons (Fsp3) is 0.833. The van der Waals surface area contributed by atoms with Crippen LogP contribution in [0, 0.1) is 0 Å². The molecule has 124 valence electrons. The van der Waals surface area contributed by atoms with Gasteiger partial charge in [0.05, 0.1) is 13.1 Å². The van der Waals surface area contributed by atoms with Crippen LogP contribution in [0.3, 0.4) is 0 Å². The standard InChI is InChI=1S/C18H35N2.HI/c1-3-5-6-7-8-9-10-11-12-13-15-20-17-16-19(18-20)14-4-2;/h16-18H,3-15H2,1-2H3;1H/q+1;/p-1. The molecule has 3 heteroatoms. The largest absolute Gasteiger partial charge is 1.00 e. The third-order valence-electron chi connectivity index (χ3n) is 4.00. The molecule has 0 fully saturated rings. The van der Waals surface area contributed by atoms with E-state index >= 15 is 0 Å². The van der Waals surface area contributed by atoms with Gasteiger partial charge >= 0.3 is 0 Å². The quantitative estimate of drug-likeness (QED) is 0.270. The van der Waals surface area contributed by atoms with Crippen LogP contribution in [0.2, 0.25) is 0 Å². The number of nitrogens with zero attached hydrogens (tertiary/aromatic N) is 2. The lowest BCUT2D eigenvalue weighted by molar-refractivity contribution is -0.696. The van der Waals surface area contributed by atoms with Crippen molar-refractivity contribution < 1.29 is 28.5 Å². The van der Waals surface area contributed by atoms with Crippen LogP contribution >= 0.6 is 0 Å². The van der Waals surface area contributed by atoms with Crippen molar-refractivity contribution in [2.45, 2.75) is 97.6 Å². The van der Waals surface area contributed by atoms with E-state index in [4.69, 9.17) is 0 Å². The van der Waals surface area contributed by atoms with Gasteiger partial charge in [0, 0.05) is 0 Å². The first kappa shape index (κ1) is 20.9. The zero-order valence-electron chi connectivity index (χ0n) is 14.2. The molecule has 2 nitrogen and oxygen atoms in total. The number of aromatic nitrogens is 2. The predicted molar refractivity (Wildman–Crippen MR) is 86.8 cm³/mol. The van der Waals surface area contributed by atoms with E-state index in [0.717, 1.165) is 6.54 Å². The topological polar surface area (TPSA) is 8.81 Å². The smallest absolute Gasteiger partial charge is 0.243 e. The van der Waals surface area contributed by atoms with E-state index in [0.29, 0.717) is 0 Å². The van der Waals surface area contributed by atoms with E-state index in [9.17, 15) is 0 Å². The molecule has 21 heavy (non-hydrogen) atoms. The van der Waals surface area contributed by atoms with Gasteiger partial charge in [-0.15, -0.1) is 0 Å². The second kappa shape index (κ2) is 14.9. The Labute approximate surface area is 149 Å². The van der Waals surface area contributed by atoms with E-state index in [1.54, 1.807) is 0 Å². The summed E-state index contributed by atoms with van der Waals surface area (Å²) in [6.45, 7) is 6.85. The van der Waals surface area contributed by atoms with E-state index in [-0.39, 0.29) is 24.0 Å². The molecule has 0 radical (unpaired) electrons. The molecule has 1 aromatic heterocycles. The summed E-state index contributed by atoms with van der Waals surface area (Å²) in [4.78, 5) is 0. The lowest BCUT2D eigenvalue weighted by atomic mass is 10.1. The van der Waals surface area contributed by atoms with Gasteiger partial charge in [0.2, 0.25) is 6.33 Å². The van der Waals surface area contributed by atoms with Crippen LogP contribution in [0.15, 0.2) is 18.7 Å². The number of rotatable bonds is 13. The average molecular weight is 406 g/mol. The molecular weight excluding hydrogens is 371 g/mol. The molecule has 0 aliphatic rings. The van der Waals surface area contributed by atoms with Crippen LogP contribution in [0.1, 0.15) is 84.5 Å². The summed E-state index contributed by atoms with van der Waals surface area (Å²) >= 11 is 0. The number of unbranched alkanes of at least 4 members (excludes halogenated alkanes) is 9. The first-order chi connectivity index (χ1) is 9.86. The minimum Gasteiger partial charge on any atom is -1.00 e.